The van der Waals surface area contributed by atoms with Gasteiger partial charge in [-0.2, -0.15) is 0 Å². The van der Waals surface area contributed by atoms with Crippen LogP contribution in [0.5, 0.6) is 0 Å². The van der Waals surface area contributed by atoms with Gasteiger partial charge in [0.25, 0.3) is 11.8 Å². The maximum atomic E-state index is 11.8. The van der Waals surface area contributed by atoms with E-state index in [-0.39, 0.29) is 11.8 Å². The van der Waals surface area contributed by atoms with E-state index in [0.29, 0.717) is 15.4 Å². The Morgan fingerprint density at radius 2 is 1.67 bits per heavy atom. The fraction of sp³-hybridized carbons (Fsp3) is 0.100. The highest BCUT2D eigenvalue weighted by Crippen LogP contribution is 2.24. The lowest BCUT2D eigenvalue weighted by Gasteiger charge is -2.11. The fourth-order valence-electron chi connectivity index (χ4n) is 1.45. The molecule has 3 nitrogen and oxygen atoms in total. The number of hydrogen-bond acceptors (Lipinski definition) is 4. The van der Waals surface area contributed by atoms with Crippen molar-refractivity contribution < 1.29 is 9.59 Å². The van der Waals surface area contributed by atoms with Crippen molar-refractivity contribution in [1.82, 2.24) is 4.90 Å². The number of benzene rings is 1. The summed E-state index contributed by atoms with van der Waals surface area (Å²) in [6, 6.07) is 6.74. The molecule has 0 fully saturated rings. The minimum absolute atomic E-state index is 0.293. The first-order chi connectivity index (χ1) is 7.16. The van der Waals surface area contributed by atoms with Gasteiger partial charge in [0.2, 0.25) is 0 Å². The van der Waals surface area contributed by atoms with Crippen molar-refractivity contribution in [2.45, 2.75) is 0 Å². The van der Waals surface area contributed by atoms with Gasteiger partial charge in [0.1, 0.15) is 4.32 Å². The van der Waals surface area contributed by atoms with Gasteiger partial charge in [-0.25, -0.2) is 4.90 Å². The number of rotatable bonds is 0. The number of imide groups is 1. The van der Waals surface area contributed by atoms with Crippen LogP contribution in [0.2, 0.25) is 0 Å². The zero-order chi connectivity index (χ0) is 11.0. The van der Waals surface area contributed by atoms with Crippen LogP contribution < -0.4 is 0 Å². The largest absolute Gasteiger partial charge is 0.268 e. The second kappa shape index (κ2) is 3.75. The molecule has 0 atom stereocenters. The van der Waals surface area contributed by atoms with Crippen LogP contribution in [0.3, 0.4) is 0 Å². The van der Waals surface area contributed by atoms with E-state index in [9.17, 15) is 9.59 Å². The van der Waals surface area contributed by atoms with Gasteiger partial charge < -0.3 is 0 Å². The number of thioether (sulfide) groups is 1. The normalized spacial score (nSPS) is 14.3. The number of thiocarbonyl (C=S) groups is 1. The molecular formula is C10H7NO2S2. The predicted molar refractivity (Wildman–Crippen MR) is 63.1 cm³/mol. The highest BCUT2D eigenvalue weighted by molar-refractivity contribution is 8.22. The van der Waals surface area contributed by atoms with Gasteiger partial charge in [0, 0.05) is 0 Å². The molecule has 1 heterocycles. The van der Waals surface area contributed by atoms with Crippen LogP contribution in [0, 0.1) is 0 Å². The number of carbonyl (C=O) groups excluding carboxylic acids is 2. The average molecular weight is 237 g/mol. The molecule has 5 heteroatoms. The molecule has 0 aromatic heterocycles. The van der Waals surface area contributed by atoms with Gasteiger partial charge in [-0.1, -0.05) is 36.1 Å². The summed E-state index contributed by atoms with van der Waals surface area (Å²) in [5, 5.41) is 0. The molecule has 0 radical (unpaired) electrons. The van der Waals surface area contributed by atoms with Crippen molar-refractivity contribution in [2.75, 3.05) is 6.26 Å². The molecule has 1 aromatic carbocycles. The van der Waals surface area contributed by atoms with E-state index in [1.165, 1.54) is 11.8 Å². The van der Waals surface area contributed by atoms with Crippen molar-refractivity contribution in [3.8, 4) is 0 Å². The van der Waals surface area contributed by atoms with E-state index in [1.807, 2.05) is 0 Å². The highest BCUT2D eigenvalue weighted by atomic mass is 32.2. The molecule has 1 aliphatic rings. The summed E-state index contributed by atoms with van der Waals surface area (Å²) in [6.07, 6.45) is 1.74. The van der Waals surface area contributed by atoms with Crippen molar-refractivity contribution in [2.24, 2.45) is 0 Å². The molecular weight excluding hydrogens is 230 g/mol. The van der Waals surface area contributed by atoms with Crippen molar-refractivity contribution in [3.63, 3.8) is 0 Å². The van der Waals surface area contributed by atoms with E-state index in [1.54, 1.807) is 30.5 Å². The van der Waals surface area contributed by atoms with Gasteiger partial charge >= 0.3 is 0 Å². The Balaban J connectivity index is 2.50. The first-order valence-electron chi connectivity index (χ1n) is 4.22. The summed E-state index contributed by atoms with van der Waals surface area (Å²) in [4.78, 5) is 24.7. The smallest absolute Gasteiger partial charge is 0.267 e. The number of fused-ring (bicyclic) bond motifs is 1. The Kier molecular flexibility index (Phi) is 2.58. The Morgan fingerprint density at radius 3 is 2.07 bits per heavy atom. The third kappa shape index (κ3) is 1.48. The third-order valence-corrected chi connectivity index (χ3v) is 3.37. The van der Waals surface area contributed by atoms with Gasteiger partial charge in [-0.05, 0) is 18.4 Å². The SMILES string of the molecule is CSC(=S)N1C(=O)c2ccccc2C1=O. The topological polar surface area (TPSA) is 37.4 Å². The minimum Gasteiger partial charge on any atom is -0.268 e. The average Bonchev–Trinajstić information content (AvgIpc) is 2.52. The zero-order valence-electron chi connectivity index (χ0n) is 7.89. The first kappa shape index (κ1) is 10.3. The standard InChI is InChI=1S/C10H7NO2S2/c1-15-10(14)11-8(12)6-4-2-3-5-7(6)9(11)13/h2-5H,1H3. The number of amides is 2. The van der Waals surface area contributed by atoms with Crippen molar-refractivity contribution in [1.29, 1.82) is 0 Å². The Bertz CT molecular complexity index is 435. The summed E-state index contributed by atoms with van der Waals surface area (Å²) in [5.74, 6) is -0.648. The summed E-state index contributed by atoms with van der Waals surface area (Å²) >= 11 is 6.18. The van der Waals surface area contributed by atoms with E-state index in [2.05, 4.69) is 0 Å². The highest BCUT2D eigenvalue weighted by Gasteiger charge is 2.37. The van der Waals surface area contributed by atoms with Crippen LogP contribution >= 0.6 is 24.0 Å². The summed E-state index contributed by atoms with van der Waals surface area (Å²) in [6.45, 7) is 0. The molecule has 76 valence electrons. The van der Waals surface area contributed by atoms with Crippen LogP contribution in [0.25, 0.3) is 0 Å². The molecule has 2 rings (SSSR count). The fourth-order valence-corrected chi connectivity index (χ4v) is 1.96. The van der Waals surface area contributed by atoms with Gasteiger partial charge in [-0.3, -0.25) is 9.59 Å². The maximum absolute atomic E-state index is 11.8. The van der Waals surface area contributed by atoms with E-state index in [0.717, 1.165) is 4.90 Å². The summed E-state index contributed by atoms with van der Waals surface area (Å²) in [5.41, 5.74) is 0.859. The summed E-state index contributed by atoms with van der Waals surface area (Å²) < 4.78 is 0.293. The molecule has 0 saturated carbocycles. The molecule has 1 aliphatic heterocycles. The van der Waals surface area contributed by atoms with E-state index in [4.69, 9.17) is 12.2 Å². The molecule has 1 aromatic rings. The monoisotopic (exact) mass is 237 g/mol. The van der Waals surface area contributed by atoms with Gasteiger partial charge in [-0.15, -0.1) is 0 Å². The molecule has 0 aliphatic carbocycles. The summed E-state index contributed by atoms with van der Waals surface area (Å²) in [7, 11) is 0. The second-order valence-electron chi connectivity index (χ2n) is 2.96. The third-order valence-electron chi connectivity index (χ3n) is 2.15. The molecule has 2 amide bonds. The van der Waals surface area contributed by atoms with E-state index >= 15 is 0 Å². The Labute approximate surface area is 96.5 Å². The molecule has 15 heavy (non-hydrogen) atoms. The molecule has 0 unspecified atom stereocenters. The van der Waals surface area contributed by atoms with Crippen LogP contribution in [0.1, 0.15) is 20.7 Å². The lowest BCUT2D eigenvalue weighted by atomic mass is 10.1. The molecule has 0 saturated heterocycles. The lowest BCUT2D eigenvalue weighted by molar-refractivity contribution is 0.0755. The first-order valence-corrected chi connectivity index (χ1v) is 5.86. The van der Waals surface area contributed by atoms with Crippen LogP contribution in [0.4, 0.5) is 0 Å². The van der Waals surface area contributed by atoms with Gasteiger partial charge in [0.05, 0.1) is 11.1 Å². The van der Waals surface area contributed by atoms with Crippen LogP contribution in [-0.4, -0.2) is 27.3 Å². The van der Waals surface area contributed by atoms with Crippen molar-refractivity contribution in [3.05, 3.63) is 35.4 Å². The molecule has 0 spiro atoms. The maximum Gasteiger partial charge on any atom is 0.267 e. The van der Waals surface area contributed by atoms with Crippen molar-refractivity contribution >= 4 is 40.1 Å². The number of carbonyl (C=O) groups is 2. The van der Waals surface area contributed by atoms with Gasteiger partial charge in [0.15, 0.2) is 0 Å². The quantitative estimate of drug-likeness (QED) is 0.510. The van der Waals surface area contributed by atoms with Crippen LogP contribution in [0.15, 0.2) is 24.3 Å². The zero-order valence-corrected chi connectivity index (χ0v) is 9.52. The van der Waals surface area contributed by atoms with Crippen LogP contribution in [-0.2, 0) is 0 Å². The minimum atomic E-state index is -0.324. The molecule has 0 N–H and O–H groups in total. The number of nitrogens with zero attached hydrogens (tertiary/aromatic N) is 1. The second-order valence-corrected chi connectivity index (χ2v) is 4.40. The Morgan fingerprint density at radius 1 is 1.20 bits per heavy atom. The Hall–Kier alpha value is -1.20. The molecule has 0 bridgehead atoms. The lowest BCUT2D eigenvalue weighted by Crippen LogP contribution is -2.32. The predicted octanol–water partition coefficient (Wildman–Crippen LogP) is 1.93. The number of hydrogen-bond donors (Lipinski definition) is 0. The van der Waals surface area contributed by atoms with E-state index < -0.39 is 0 Å².